The SMILES string of the molecule is Cc1ccc(-n2nnnc2C2(N(C)C(=O)Oc3ccccc3)CCCCC2)cc1Cl. The van der Waals surface area contributed by atoms with E-state index < -0.39 is 11.6 Å². The van der Waals surface area contributed by atoms with E-state index in [9.17, 15) is 4.79 Å². The Kier molecular flexibility index (Phi) is 5.72. The minimum Gasteiger partial charge on any atom is -0.410 e. The fourth-order valence-electron chi connectivity index (χ4n) is 4.04. The van der Waals surface area contributed by atoms with Crippen molar-refractivity contribution in [1.82, 2.24) is 25.1 Å². The smallest absolute Gasteiger partial charge is 0.410 e. The summed E-state index contributed by atoms with van der Waals surface area (Å²) >= 11 is 6.34. The van der Waals surface area contributed by atoms with Crippen molar-refractivity contribution in [3.8, 4) is 11.4 Å². The Hall–Kier alpha value is -2.93. The molecule has 1 aliphatic carbocycles. The molecule has 0 atom stereocenters. The summed E-state index contributed by atoms with van der Waals surface area (Å²) in [6.07, 6.45) is 4.15. The molecule has 1 aliphatic rings. The average Bonchev–Trinajstić information content (AvgIpc) is 3.27. The highest BCUT2D eigenvalue weighted by Gasteiger charge is 2.45. The third-order valence-corrected chi connectivity index (χ3v) is 6.24. The molecule has 4 rings (SSSR count). The quantitative estimate of drug-likeness (QED) is 0.593. The lowest BCUT2D eigenvalue weighted by atomic mass is 9.79. The fourth-order valence-corrected chi connectivity index (χ4v) is 4.22. The number of carbonyl (C=O) groups excluding carboxylic acids is 1. The van der Waals surface area contributed by atoms with Gasteiger partial charge in [-0.1, -0.05) is 55.1 Å². The number of aryl methyl sites for hydroxylation is 1. The van der Waals surface area contributed by atoms with E-state index in [2.05, 4.69) is 15.5 Å². The summed E-state index contributed by atoms with van der Waals surface area (Å²) in [7, 11) is 1.76. The Bertz CT molecular complexity index is 1030. The number of amides is 1. The Morgan fingerprint density at radius 3 is 2.57 bits per heavy atom. The van der Waals surface area contributed by atoms with Gasteiger partial charge in [0.1, 0.15) is 11.3 Å². The number of hydrogen-bond donors (Lipinski definition) is 0. The topological polar surface area (TPSA) is 73.1 Å². The molecule has 0 radical (unpaired) electrons. The van der Waals surface area contributed by atoms with Gasteiger partial charge in [-0.05, 0) is 60.0 Å². The molecule has 0 unspecified atom stereocenters. The third-order valence-electron chi connectivity index (χ3n) is 5.83. The van der Waals surface area contributed by atoms with E-state index in [1.165, 1.54) is 0 Å². The third kappa shape index (κ3) is 3.77. The first kappa shape index (κ1) is 20.3. The molecule has 0 saturated heterocycles. The molecule has 1 fully saturated rings. The number of rotatable bonds is 4. The number of nitrogens with zero attached hydrogens (tertiary/aromatic N) is 5. The van der Waals surface area contributed by atoms with Crippen molar-refractivity contribution in [2.45, 2.75) is 44.6 Å². The molecule has 8 heteroatoms. The molecule has 1 heterocycles. The maximum Gasteiger partial charge on any atom is 0.415 e. The van der Waals surface area contributed by atoms with E-state index in [4.69, 9.17) is 16.3 Å². The van der Waals surface area contributed by atoms with Crippen LogP contribution >= 0.6 is 11.6 Å². The van der Waals surface area contributed by atoms with Crippen LogP contribution in [0, 0.1) is 6.92 Å². The van der Waals surface area contributed by atoms with Crippen LogP contribution in [0.5, 0.6) is 5.75 Å². The number of aromatic nitrogens is 4. The van der Waals surface area contributed by atoms with Crippen LogP contribution in [0.15, 0.2) is 48.5 Å². The number of para-hydroxylation sites is 1. The van der Waals surface area contributed by atoms with Gasteiger partial charge >= 0.3 is 6.09 Å². The van der Waals surface area contributed by atoms with Crippen molar-refractivity contribution in [2.75, 3.05) is 7.05 Å². The van der Waals surface area contributed by atoms with Crippen LogP contribution in [0.1, 0.15) is 43.5 Å². The molecule has 1 saturated carbocycles. The van der Waals surface area contributed by atoms with Crippen molar-refractivity contribution < 1.29 is 9.53 Å². The van der Waals surface area contributed by atoms with Crippen LogP contribution in [0.2, 0.25) is 5.02 Å². The first-order valence-corrected chi connectivity index (χ1v) is 10.5. The van der Waals surface area contributed by atoms with Crippen LogP contribution in [-0.4, -0.2) is 38.2 Å². The Balaban J connectivity index is 1.72. The first-order valence-electron chi connectivity index (χ1n) is 10.1. The highest BCUT2D eigenvalue weighted by molar-refractivity contribution is 6.31. The summed E-state index contributed by atoms with van der Waals surface area (Å²) in [5.74, 6) is 1.12. The van der Waals surface area contributed by atoms with Crippen molar-refractivity contribution in [3.05, 3.63) is 64.9 Å². The lowest BCUT2D eigenvalue weighted by Crippen LogP contribution is -2.51. The van der Waals surface area contributed by atoms with Crippen molar-refractivity contribution in [3.63, 3.8) is 0 Å². The minimum atomic E-state index is -0.662. The predicted octanol–water partition coefficient (Wildman–Crippen LogP) is 4.91. The molecule has 1 aromatic heterocycles. The fraction of sp³-hybridized carbons (Fsp3) is 0.364. The summed E-state index contributed by atoms with van der Waals surface area (Å²) in [5.41, 5.74) is 1.08. The molecule has 3 aromatic rings. The van der Waals surface area contributed by atoms with Crippen LogP contribution in [0.25, 0.3) is 5.69 Å². The molecule has 1 amide bonds. The van der Waals surface area contributed by atoms with Gasteiger partial charge in [-0.25, -0.2) is 4.79 Å². The van der Waals surface area contributed by atoms with E-state index in [0.717, 1.165) is 43.4 Å². The molecule has 30 heavy (non-hydrogen) atoms. The number of hydrogen-bond acceptors (Lipinski definition) is 5. The molecule has 0 spiro atoms. The molecule has 0 bridgehead atoms. The van der Waals surface area contributed by atoms with Crippen LogP contribution in [-0.2, 0) is 5.54 Å². The van der Waals surface area contributed by atoms with Gasteiger partial charge in [0.15, 0.2) is 5.82 Å². The zero-order chi connectivity index (χ0) is 21.1. The Morgan fingerprint density at radius 2 is 1.87 bits per heavy atom. The highest BCUT2D eigenvalue weighted by Crippen LogP contribution is 2.41. The standard InChI is InChI=1S/C22H24ClN5O2/c1-16-11-12-17(15-19(16)23)28-20(24-25-26-28)22(13-7-4-8-14-22)27(2)21(29)30-18-9-5-3-6-10-18/h3,5-6,9-12,15H,4,7-8,13-14H2,1-2H3. The van der Waals surface area contributed by atoms with Crippen molar-refractivity contribution in [1.29, 1.82) is 0 Å². The molecule has 7 nitrogen and oxygen atoms in total. The first-order chi connectivity index (χ1) is 14.5. The van der Waals surface area contributed by atoms with Crippen LogP contribution in [0.4, 0.5) is 4.79 Å². The number of tetrazole rings is 1. The number of benzene rings is 2. The number of ether oxygens (including phenoxy) is 1. The summed E-state index contributed by atoms with van der Waals surface area (Å²) in [6, 6.07) is 14.8. The van der Waals surface area contributed by atoms with Gasteiger partial charge in [0.2, 0.25) is 0 Å². The molecular formula is C22H24ClN5O2. The summed E-state index contributed by atoms with van der Waals surface area (Å²) in [5, 5.41) is 13.2. The molecule has 156 valence electrons. The molecule has 0 aliphatic heterocycles. The maximum absolute atomic E-state index is 13.1. The second kappa shape index (κ2) is 8.44. The van der Waals surface area contributed by atoms with Crippen molar-refractivity contribution >= 4 is 17.7 Å². The zero-order valence-corrected chi connectivity index (χ0v) is 17.8. The van der Waals surface area contributed by atoms with Gasteiger partial charge in [-0.2, -0.15) is 4.68 Å². The highest BCUT2D eigenvalue weighted by atomic mass is 35.5. The monoisotopic (exact) mass is 425 g/mol. The van der Waals surface area contributed by atoms with E-state index in [-0.39, 0.29) is 0 Å². The lowest BCUT2D eigenvalue weighted by Gasteiger charge is -2.42. The molecule has 2 aromatic carbocycles. The minimum absolute atomic E-state index is 0.431. The maximum atomic E-state index is 13.1. The predicted molar refractivity (Wildman–Crippen MR) is 114 cm³/mol. The number of halogens is 1. The second-order valence-corrected chi connectivity index (χ2v) is 8.09. The Morgan fingerprint density at radius 1 is 1.13 bits per heavy atom. The summed E-state index contributed by atoms with van der Waals surface area (Å²) in [4.78, 5) is 14.7. The molecule has 0 N–H and O–H groups in total. The van der Waals surface area contributed by atoms with Crippen molar-refractivity contribution in [2.24, 2.45) is 0 Å². The van der Waals surface area contributed by atoms with Gasteiger partial charge in [0.25, 0.3) is 0 Å². The van der Waals surface area contributed by atoms with E-state index in [1.54, 1.807) is 28.8 Å². The van der Waals surface area contributed by atoms with Gasteiger partial charge < -0.3 is 4.74 Å². The van der Waals surface area contributed by atoms with E-state index in [1.807, 2.05) is 43.3 Å². The van der Waals surface area contributed by atoms with Gasteiger partial charge in [-0.15, -0.1) is 5.10 Å². The van der Waals surface area contributed by atoms with Gasteiger partial charge in [0.05, 0.1) is 5.69 Å². The largest absolute Gasteiger partial charge is 0.415 e. The molecular weight excluding hydrogens is 402 g/mol. The summed E-state index contributed by atoms with van der Waals surface area (Å²) in [6.45, 7) is 1.95. The number of carbonyl (C=O) groups is 1. The van der Waals surface area contributed by atoms with E-state index >= 15 is 0 Å². The van der Waals surface area contributed by atoms with Gasteiger partial charge in [0, 0.05) is 12.1 Å². The lowest BCUT2D eigenvalue weighted by molar-refractivity contribution is 0.0622. The zero-order valence-electron chi connectivity index (χ0n) is 17.1. The summed E-state index contributed by atoms with van der Waals surface area (Å²) < 4.78 is 7.30. The second-order valence-electron chi connectivity index (χ2n) is 7.68. The normalized spacial score (nSPS) is 15.6. The van der Waals surface area contributed by atoms with E-state index in [0.29, 0.717) is 16.6 Å². The average molecular weight is 426 g/mol. The van der Waals surface area contributed by atoms with Gasteiger partial charge in [-0.3, -0.25) is 4.90 Å². The van der Waals surface area contributed by atoms with Crippen LogP contribution < -0.4 is 4.74 Å². The van der Waals surface area contributed by atoms with Crippen LogP contribution in [0.3, 0.4) is 0 Å². The Labute approximate surface area is 180 Å².